The van der Waals surface area contributed by atoms with E-state index in [1.807, 2.05) is 0 Å². The molecule has 5 heteroatoms. The molecular formula is C44H39AuClP3. The summed E-state index contributed by atoms with van der Waals surface area (Å²) in [5, 5.41) is 10.1. The van der Waals surface area contributed by atoms with Gasteiger partial charge in [-0.15, -0.1) is 0 Å². The first kappa shape index (κ1) is 38.7. The SMILES string of the molecule is [Au+].[Cl-].c1ccc(P(CCP(c2ccccc2)c2ccccc2)c2ccccc2)cc1.c1ccc(P(c2ccccc2)c2ccccc2)cc1. The fourth-order valence-corrected chi connectivity index (χ4v) is 13.3. The molecule has 0 unspecified atom stereocenters. The smallest absolute Gasteiger partial charge is 1.00 e. The summed E-state index contributed by atoms with van der Waals surface area (Å²) in [6, 6.07) is 76.5. The van der Waals surface area contributed by atoms with Crippen molar-refractivity contribution in [2.75, 3.05) is 12.3 Å². The van der Waals surface area contributed by atoms with Gasteiger partial charge in [0, 0.05) is 0 Å². The number of hydrogen-bond acceptors (Lipinski definition) is 0. The van der Waals surface area contributed by atoms with Crippen LogP contribution in [-0.4, -0.2) is 12.3 Å². The van der Waals surface area contributed by atoms with Crippen LogP contribution in [0, 0.1) is 0 Å². The first-order chi connectivity index (χ1) is 23.4. The van der Waals surface area contributed by atoms with Gasteiger partial charge in [-0.2, -0.15) is 0 Å². The van der Waals surface area contributed by atoms with Crippen molar-refractivity contribution in [2.24, 2.45) is 0 Å². The van der Waals surface area contributed by atoms with Gasteiger partial charge in [-0.25, -0.2) is 0 Å². The maximum atomic E-state index is 2.30. The van der Waals surface area contributed by atoms with Gasteiger partial charge in [0.15, 0.2) is 0 Å². The maximum Gasteiger partial charge on any atom is 1.00 e. The Morgan fingerprint density at radius 2 is 0.408 bits per heavy atom. The molecular weight excluding hydrogens is 854 g/mol. The zero-order valence-electron chi connectivity index (χ0n) is 27.1. The number of halogens is 1. The van der Waals surface area contributed by atoms with E-state index in [0.717, 1.165) is 0 Å². The predicted octanol–water partition coefficient (Wildman–Crippen LogP) is 5.70. The molecule has 0 radical (unpaired) electrons. The predicted molar refractivity (Wildman–Crippen MR) is 213 cm³/mol. The Hall–Kier alpha value is -3.14. The zero-order chi connectivity index (χ0) is 31.9. The van der Waals surface area contributed by atoms with Crippen LogP contribution in [0.3, 0.4) is 0 Å². The average molecular weight is 893 g/mol. The van der Waals surface area contributed by atoms with Crippen molar-refractivity contribution >= 4 is 60.9 Å². The summed E-state index contributed by atoms with van der Waals surface area (Å²) in [5.74, 6) is 0. The van der Waals surface area contributed by atoms with Gasteiger partial charge < -0.3 is 12.4 Å². The minimum Gasteiger partial charge on any atom is -1.00 e. The molecule has 0 aromatic heterocycles. The molecule has 0 spiro atoms. The standard InChI is InChI=1S/C26H24P2.C18H15P.Au.ClH/c1-5-13-23(14-6-1)27(24-15-7-2-8-16-24)21-22-28(25-17-9-3-10-18-25)26-19-11-4-12-20-26;1-4-10-16(11-5-1)19(17-12-6-2-7-13-17)18-14-8-3-9-15-18;;/h1-20H,21-22H2;1-15H;;1H/q;;+1;/p-1. The molecule has 0 aliphatic carbocycles. The van der Waals surface area contributed by atoms with E-state index in [2.05, 4.69) is 212 Å². The first-order valence-electron chi connectivity index (χ1n) is 16.1. The van der Waals surface area contributed by atoms with Crippen LogP contribution in [-0.2, 0) is 22.4 Å². The molecule has 0 fully saturated rings. The van der Waals surface area contributed by atoms with Crippen LogP contribution in [0.15, 0.2) is 212 Å². The van der Waals surface area contributed by atoms with Crippen LogP contribution in [0.2, 0.25) is 0 Å². The minimum absolute atomic E-state index is 0. The van der Waals surface area contributed by atoms with Crippen LogP contribution >= 0.6 is 23.8 Å². The third kappa shape index (κ3) is 11.2. The van der Waals surface area contributed by atoms with Crippen molar-refractivity contribution in [2.45, 2.75) is 0 Å². The molecule has 0 saturated carbocycles. The fourth-order valence-electron chi connectivity index (χ4n) is 5.62. The van der Waals surface area contributed by atoms with E-state index in [1.165, 1.54) is 49.5 Å². The van der Waals surface area contributed by atoms with Crippen LogP contribution in [0.4, 0.5) is 0 Å². The van der Waals surface area contributed by atoms with Gasteiger partial charge in [0.25, 0.3) is 0 Å². The van der Waals surface area contributed by atoms with E-state index in [4.69, 9.17) is 0 Å². The molecule has 0 saturated heterocycles. The van der Waals surface area contributed by atoms with Gasteiger partial charge in [0.1, 0.15) is 0 Å². The molecule has 49 heavy (non-hydrogen) atoms. The van der Waals surface area contributed by atoms with E-state index in [9.17, 15) is 0 Å². The van der Waals surface area contributed by atoms with Gasteiger partial charge in [-0.3, -0.25) is 0 Å². The Kier molecular flexibility index (Phi) is 16.7. The van der Waals surface area contributed by atoms with Crippen molar-refractivity contribution in [1.29, 1.82) is 0 Å². The van der Waals surface area contributed by atoms with Crippen LogP contribution in [0.5, 0.6) is 0 Å². The molecule has 0 aliphatic heterocycles. The van der Waals surface area contributed by atoms with Crippen molar-refractivity contribution < 1.29 is 34.8 Å². The van der Waals surface area contributed by atoms with Gasteiger partial charge in [0.05, 0.1) is 0 Å². The molecule has 0 amide bonds. The normalized spacial score (nSPS) is 10.4. The fraction of sp³-hybridized carbons (Fsp3) is 0.0455. The van der Waals surface area contributed by atoms with Gasteiger partial charge >= 0.3 is 22.4 Å². The second-order valence-electron chi connectivity index (χ2n) is 11.0. The number of hydrogen-bond donors (Lipinski definition) is 0. The summed E-state index contributed by atoms with van der Waals surface area (Å²) in [6.45, 7) is 0. The monoisotopic (exact) mass is 892 g/mol. The molecule has 7 rings (SSSR count). The molecule has 0 N–H and O–H groups in total. The molecule has 0 bridgehead atoms. The molecule has 248 valence electrons. The Morgan fingerprint density at radius 3 is 0.592 bits per heavy atom. The summed E-state index contributed by atoms with van der Waals surface area (Å²) in [6.07, 6.45) is 2.41. The third-order valence-corrected chi connectivity index (χ3v) is 15.7. The summed E-state index contributed by atoms with van der Waals surface area (Å²) < 4.78 is 0. The van der Waals surface area contributed by atoms with E-state index < -0.39 is 7.92 Å². The molecule has 7 aromatic rings. The number of benzene rings is 7. The average Bonchev–Trinajstić information content (AvgIpc) is 3.17. The third-order valence-electron chi connectivity index (χ3n) is 7.86. The summed E-state index contributed by atoms with van der Waals surface area (Å²) in [5.41, 5.74) is 0. The van der Waals surface area contributed by atoms with Crippen molar-refractivity contribution in [3.8, 4) is 0 Å². The quantitative estimate of drug-likeness (QED) is 0.122. The van der Waals surface area contributed by atoms with Gasteiger partial charge in [-0.05, 0) is 73.2 Å². The summed E-state index contributed by atoms with van der Waals surface area (Å²) in [4.78, 5) is 0. The first-order valence-corrected chi connectivity index (χ1v) is 20.5. The Balaban J connectivity index is 0.000000226. The van der Waals surface area contributed by atoms with Gasteiger partial charge in [0.2, 0.25) is 0 Å². The van der Waals surface area contributed by atoms with Crippen LogP contribution < -0.4 is 49.5 Å². The maximum absolute atomic E-state index is 2.30. The molecule has 0 nitrogen and oxygen atoms in total. The minimum atomic E-state index is -0.446. The second kappa shape index (κ2) is 21.2. The Labute approximate surface area is 318 Å². The van der Waals surface area contributed by atoms with E-state index >= 15 is 0 Å². The van der Waals surface area contributed by atoms with Crippen LogP contribution in [0.25, 0.3) is 0 Å². The Bertz CT molecular complexity index is 1610. The topological polar surface area (TPSA) is 0 Å². The van der Waals surface area contributed by atoms with E-state index in [-0.39, 0.29) is 50.6 Å². The van der Waals surface area contributed by atoms with E-state index in [1.54, 1.807) is 0 Å². The summed E-state index contributed by atoms with van der Waals surface area (Å²) >= 11 is 0. The Morgan fingerprint density at radius 1 is 0.245 bits per heavy atom. The molecule has 0 atom stereocenters. The number of rotatable bonds is 10. The van der Waals surface area contributed by atoms with E-state index in [0.29, 0.717) is 0 Å². The largest absolute Gasteiger partial charge is 1.00 e. The van der Waals surface area contributed by atoms with Crippen molar-refractivity contribution in [3.63, 3.8) is 0 Å². The van der Waals surface area contributed by atoms with Crippen molar-refractivity contribution in [1.82, 2.24) is 0 Å². The molecule has 7 aromatic carbocycles. The molecule has 0 aliphatic rings. The second-order valence-corrected chi connectivity index (χ2v) is 17.9. The molecule has 0 heterocycles. The van der Waals surface area contributed by atoms with Crippen molar-refractivity contribution in [3.05, 3.63) is 212 Å². The summed E-state index contributed by atoms with van der Waals surface area (Å²) in [7, 11) is -1.14. The van der Waals surface area contributed by atoms with Gasteiger partial charge in [-0.1, -0.05) is 212 Å². The van der Waals surface area contributed by atoms with Crippen LogP contribution in [0.1, 0.15) is 0 Å². The zero-order valence-corrected chi connectivity index (χ0v) is 32.7.